The van der Waals surface area contributed by atoms with Gasteiger partial charge in [0.05, 0.1) is 15.7 Å². The van der Waals surface area contributed by atoms with E-state index in [-0.39, 0.29) is 18.3 Å². The molecule has 2 aromatic carbocycles. The number of nitrogens with zero attached hydrogens (tertiary/aromatic N) is 1. The molecule has 0 atom stereocenters. The van der Waals surface area contributed by atoms with E-state index >= 15 is 0 Å². The summed E-state index contributed by atoms with van der Waals surface area (Å²) in [5.41, 5.74) is 4.41. The van der Waals surface area contributed by atoms with Gasteiger partial charge in [-0.15, -0.1) is 11.3 Å². The Morgan fingerprint density at radius 2 is 2.09 bits per heavy atom. The van der Waals surface area contributed by atoms with Crippen LogP contribution in [0.2, 0.25) is 0 Å². The van der Waals surface area contributed by atoms with Gasteiger partial charge in [-0.25, -0.2) is 9.37 Å². The van der Waals surface area contributed by atoms with Crippen LogP contribution >= 0.6 is 11.3 Å². The standard InChI is InChI=1S/C18H17FN2OS/c1-2-4-12-5-3-6-14(17(12)19)10-20-18(22)13-7-8-15-16(9-13)23-11-21-15/h3,5-9,11H,2,4,10H2,1H3,(H,20,22). The van der Waals surface area contributed by atoms with E-state index in [0.717, 1.165) is 16.6 Å². The number of carbonyl (C=O) groups is 1. The molecule has 0 aliphatic rings. The Hall–Kier alpha value is -2.27. The molecule has 0 saturated carbocycles. The van der Waals surface area contributed by atoms with Crippen molar-refractivity contribution in [1.82, 2.24) is 10.3 Å². The number of hydrogen-bond donors (Lipinski definition) is 1. The molecule has 1 N–H and O–H groups in total. The highest BCUT2D eigenvalue weighted by Crippen LogP contribution is 2.19. The van der Waals surface area contributed by atoms with Crippen LogP contribution in [0.15, 0.2) is 41.9 Å². The number of aromatic nitrogens is 1. The van der Waals surface area contributed by atoms with Crippen molar-refractivity contribution in [2.45, 2.75) is 26.3 Å². The van der Waals surface area contributed by atoms with E-state index in [1.165, 1.54) is 11.3 Å². The van der Waals surface area contributed by atoms with Gasteiger partial charge in [0.1, 0.15) is 5.82 Å². The summed E-state index contributed by atoms with van der Waals surface area (Å²) < 4.78 is 15.3. The monoisotopic (exact) mass is 328 g/mol. The lowest BCUT2D eigenvalue weighted by Gasteiger charge is -2.09. The maximum atomic E-state index is 14.3. The Balaban J connectivity index is 1.72. The van der Waals surface area contributed by atoms with Crippen LogP contribution in [0, 0.1) is 5.82 Å². The summed E-state index contributed by atoms with van der Waals surface area (Å²) in [5.74, 6) is -0.423. The Bertz CT molecular complexity index is 844. The lowest BCUT2D eigenvalue weighted by molar-refractivity contribution is 0.0950. The minimum Gasteiger partial charge on any atom is -0.348 e. The zero-order chi connectivity index (χ0) is 16.2. The molecular weight excluding hydrogens is 311 g/mol. The molecule has 3 nitrogen and oxygen atoms in total. The molecule has 0 radical (unpaired) electrons. The first kappa shape index (κ1) is 15.6. The first-order valence-electron chi connectivity index (χ1n) is 7.56. The molecule has 0 aliphatic carbocycles. The Labute approximate surface area is 138 Å². The molecule has 0 unspecified atom stereocenters. The minimum atomic E-state index is -0.215. The van der Waals surface area contributed by atoms with Gasteiger partial charge < -0.3 is 5.32 Å². The number of halogens is 1. The van der Waals surface area contributed by atoms with E-state index in [1.54, 1.807) is 23.7 Å². The van der Waals surface area contributed by atoms with E-state index in [1.807, 2.05) is 25.1 Å². The van der Waals surface area contributed by atoms with Crippen LogP contribution in [0.5, 0.6) is 0 Å². The molecule has 3 aromatic rings. The van der Waals surface area contributed by atoms with Crippen molar-refractivity contribution in [3.63, 3.8) is 0 Å². The van der Waals surface area contributed by atoms with Gasteiger partial charge in [0, 0.05) is 17.7 Å². The summed E-state index contributed by atoms with van der Waals surface area (Å²) in [6, 6.07) is 10.7. The second-order valence-corrected chi connectivity index (χ2v) is 6.24. The number of hydrogen-bond acceptors (Lipinski definition) is 3. The molecule has 0 spiro atoms. The lowest BCUT2D eigenvalue weighted by Crippen LogP contribution is -2.23. The molecule has 5 heteroatoms. The van der Waals surface area contributed by atoms with Crippen molar-refractivity contribution in [3.8, 4) is 0 Å². The number of benzene rings is 2. The molecule has 1 aromatic heterocycles. The van der Waals surface area contributed by atoms with Crippen LogP contribution < -0.4 is 5.32 Å². The highest BCUT2D eigenvalue weighted by atomic mass is 32.1. The smallest absolute Gasteiger partial charge is 0.251 e. The third-order valence-electron chi connectivity index (χ3n) is 3.71. The molecule has 0 bridgehead atoms. The molecule has 1 heterocycles. The molecule has 0 fully saturated rings. The van der Waals surface area contributed by atoms with Gasteiger partial charge in [0.15, 0.2) is 0 Å². The first-order chi connectivity index (χ1) is 11.2. The zero-order valence-electron chi connectivity index (χ0n) is 12.8. The highest BCUT2D eigenvalue weighted by molar-refractivity contribution is 7.16. The number of thiazole rings is 1. The normalized spacial score (nSPS) is 10.9. The average Bonchev–Trinajstić information content (AvgIpc) is 3.03. The van der Waals surface area contributed by atoms with Gasteiger partial charge in [-0.3, -0.25) is 4.79 Å². The second kappa shape index (κ2) is 6.87. The van der Waals surface area contributed by atoms with Gasteiger partial charge in [0.25, 0.3) is 5.91 Å². The van der Waals surface area contributed by atoms with E-state index in [0.29, 0.717) is 23.1 Å². The summed E-state index contributed by atoms with van der Waals surface area (Å²) in [4.78, 5) is 16.4. The lowest BCUT2D eigenvalue weighted by atomic mass is 10.1. The third kappa shape index (κ3) is 3.40. The van der Waals surface area contributed by atoms with E-state index < -0.39 is 0 Å². The quantitative estimate of drug-likeness (QED) is 0.758. The van der Waals surface area contributed by atoms with E-state index in [9.17, 15) is 9.18 Å². The van der Waals surface area contributed by atoms with Crippen molar-refractivity contribution < 1.29 is 9.18 Å². The summed E-state index contributed by atoms with van der Waals surface area (Å²) >= 11 is 1.49. The number of amides is 1. The largest absolute Gasteiger partial charge is 0.348 e. The number of rotatable bonds is 5. The van der Waals surface area contributed by atoms with Gasteiger partial charge in [-0.2, -0.15) is 0 Å². The van der Waals surface area contributed by atoms with E-state index in [2.05, 4.69) is 10.3 Å². The number of aryl methyl sites for hydroxylation is 1. The summed E-state index contributed by atoms with van der Waals surface area (Å²) in [6.45, 7) is 2.20. The molecule has 3 rings (SSSR count). The molecule has 118 valence electrons. The van der Waals surface area contributed by atoms with E-state index in [4.69, 9.17) is 0 Å². The van der Waals surface area contributed by atoms with Crippen LogP contribution in [0.25, 0.3) is 10.2 Å². The highest BCUT2D eigenvalue weighted by Gasteiger charge is 2.11. The van der Waals surface area contributed by atoms with Gasteiger partial charge >= 0.3 is 0 Å². The Kier molecular flexibility index (Phi) is 4.67. The minimum absolute atomic E-state index is 0.183. The SMILES string of the molecule is CCCc1cccc(CNC(=O)c2ccc3ncsc3c2)c1F. The van der Waals surface area contributed by atoms with Crippen molar-refractivity contribution in [1.29, 1.82) is 0 Å². The molecular formula is C18H17FN2OS. The topological polar surface area (TPSA) is 42.0 Å². The average molecular weight is 328 g/mol. The fourth-order valence-electron chi connectivity index (χ4n) is 2.51. The summed E-state index contributed by atoms with van der Waals surface area (Å²) in [6.07, 6.45) is 1.59. The summed E-state index contributed by atoms with van der Waals surface area (Å²) in [5, 5.41) is 2.79. The predicted molar refractivity (Wildman–Crippen MR) is 91.2 cm³/mol. The first-order valence-corrected chi connectivity index (χ1v) is 8.44. The predicted octanol–water partition coefficient (Wildman–Crippen LogP) is 4.32. The van der Waals surface area contributed by atoms with Crippen molar-refractivity contribution >= 4 is 27.5 Å². The molecule has 0 saturated heterocycles. The summed E-state index contributed by atoms with van der Waals surface area (Å²) in [7, 11) is 0. The van der Waals surface area contributed by atoms with Crippen molar-refractivity contribution in [2.75, 3.05) is 0 Å². The Morgan fingerprint density at radius 1 is 1.26 bits per heavy atom. The maximum absolute atomic E-state index is 14.3. The number of fused-ring (bicyclic) bond motifs is 1. The van der Waals surface area contributed by atoms with Crippen LogP contribution in [-0.4, -0.2) is 10.9 Å². The molecule has 0 aliphatic heterocycles. The fraction of sp³-hybridized carbons (Fsp3) is 0.222. The van der Waals surface area contributed by atoms with Crippen molar-refractivity contribution in [3.05, 3.63) is 64.4 Å². The van der Waals surface area contributed by atoms with Crippen LogP contribution in [0.1, 0.15) is 34.8 Å². The zero-order valence-corrected chi connectivity index (χ0v) is 13.6. The maximum Gasteiger partial charge on any atom is 0.251 e. The third-order valence-corrected chi connectivity index (χ3v) is 4.50. The van der Waals surface area contributed by atoms with Gasteiger partial charge in [0.2, 0.25) is 0 Å². The number of nitrogens with one attached hydrogen (secondary N) is 1. The van der Waals surface area contributed by atoms with Crippen molar-refractivity contribution in [2.24, 2.45) is 0 Å². The van der Waals surface area contributed by atoms with Gasteiger partial charge in [-0.05, 0) is 30.2 Å². The molecule has 23 heavy (non-hydrogen) atoms. The van der Waals surface area contributed by atoms with Gasteiger partial charge in [-0.1, -0.05) is 31.5 Å². The number of carbonyl (C=O) groups excluding carboxylic acids is 1. The second-order valence-electron chi connectivity index (χ2n) is 5.36. The molecule has 1 amide bonds. The fourth-order valence-corrected chi connectivity index (χ4v) is 3.22. The Morgan fingerprint density at radius 3 is 2.91 bits per heavy atom. The van der Waals surface area contributed by atoms with Crippen LogP contribution in [0.3, 0.4) is 0 Å². The van der Waals surface area contributed by atoms with Crippen LogP contribution in [0.4, 0.5) is 4.39 Å². The van der Waals surface area contributed by atoms with Crippen LogP contribution in [-0.2, 0) is 13.0 Å².